The molecule has 0 saturated carbocycles. The highest BCUT2D eigenvalue weighted by Crippen LogP contribution is 2.37. The fourth-order valence-electron chi connectivity index (χ4n) is 3.10. The Labute approximate surface area is 174 Å². The Morgan fingerprint density at radius 3 is 2.54 bits per heavy atom. The first-order valence-corrected chi connectivity index (χ1v) is 10.1. The topological polar surface area (TPSA) is 81.2 Å². The zero-order chi connectivity index (χ0) is 20.8. The summed E-state index contributed by atoms with van der Waals surface area (Å²) in [5.74, 6) is -0.662. The number of aryl methyl sites for hydroxylation is 1. The molecule has 0 aliphatic heterocycles. The second-order valence-corrected chi connectivity index (χ2v) is 8.76. The van der Waals surface area contributed by atoms with Crippen molar-refractivity contribution in [1.29, 1.82) is 0 Å². The molecule has 0 fully saturated rings. The third-order valence-corrected chi connectivity index (χ3v) is 6.23. The highest BCUT2D eigenvalue weighted by atomic mass is 35.5. The van der Waals surface area contributed by atoms with Crippen LogP contribution in [-0.2, 0) is 15.1 Å². The first-order valence-electron chi connectivity index (χ1n) is 8.51. The van der Waals surface area contributed by atoms with Crippen molar-refractivity contribution >= 4 is 50.7 Å². The first kappa shape index (κ1) is 20.6. The summed E-state index contributed by atoms with van der Waals surface area (Å²) in [4.78, 5) is 42.3. The van der Waals surface area contributed by atoms with E-state index in [1.807, 2.05) is 6.92 Å². The molecule has 0 unspecified atom stereocenters. The standard InChI is InChI=1S/C19H18Cl2N2O4S/c1-5-27-17(25)19(3,4)23-16(24)14-13(9(2)28-15(14)22-18(23)26)10-6-7-11(20)12(21)8-10/h6-8H,5H2,1-4H3,(H,22,26). The van der Waals surface area contributed by atoms with E-state index in [2.05, 4.69) is 4.98 Å². The number of aromatic nitrogens is 2. The minimum atomic E-state index is -1.47. The fourth-order valence-corrected chi connectivity index (χ4v) is 4.46. The molecule has 6 nitrogen and oxygen atoms in total. The van der Waals surface area contributed by atoms with Crippen LogP contribution in [0.2, 0.25) is 10.0 Å². The number of esters is 1. The van der Waals surface area contributed by atoms with Crippen LogP contribution >= 0.6 is 34.5 Å². The molecule has 148 valence electrons. The molecule has 1 aromatic carbocycles. The number of benzene rings is 1. The lowest BCUT2D eigenvalue weighted by Gasteiger charge is -2.24. The quantitative estimate of drug-likeness (QED) is 0.611. The number of nitrogens with one attached hydrogen (secondary N) is 1. The Balaban J connectivity index is 2.37. The van der Waals surface area contributed by atoms with Gasteiger partial charge in [0.1, 0.15) is 10.4 Å². The molecule has 2 aromatic heterocycles. The summed E-state index contributed by atoms with van der Waals surface area (Å²) < 4.78 is 5.95. The molecule has 1 N–H and O–H groups in total. The number of carbonyl (C=O) groups excluding carboxylic acids is 1. The predicted molar refractivity (Wildman–Crippen MR) is 113 cm³/mol. The summed E-state index contributed by atoms with van der Waals surface area (Å²) in [6.45, 7) is 6.61. The van der Waals surface area contributed by atoms with Gasteiger partial charge in [0, 0.05) is 10.4 Å². The summed E-state index contributed by atoms with van der Waals surface area (Å²) in [7, 11) is 0. The van der Waals surface area contributed by atoms with Crippen LogP contribution in [-0.4, -0.2) is 22.1 Å². The molecule has 0 amide bonds. The third-order valence-electron chi connectivity index (χ3n) is 4.47. The maximum Gasteiger partial charge on any atom is 0.332 e. The number of aromatic amines is 1. The average molecular weight is 441 g/mol. The second kappa shape index (κ2) is 7.39. The van der Waals surface area contributed by atoms with Gasteiger partial charge in [-0.15, -0.1) is 11.3 Å². The predicted octanol–water partition coefficient (Wildman–Crippen LogP) is 4.33. The molecule has 28 heavy (non-hydrogen) atoms. The van der Waals surface area contributed by atoms with Gasteiger partial charge in [-0.1, -0.05) is 29.3 Å². The van der Waals surface area contributed by atoms with E-state index in [4.69, 9.17) is 27.9 Å². The maximum absolute atomic E-state index is 13.3. The number of H-pyrrole nitrogens is 1. The summed E-state index contributed by atoms with van der Waals surface area (Å²) in [5.41, 5.74) is -1.37. The van der Waals surface area contributed by atoms with E-state index in [0.29, 0.717) is 31.4 Å². The molecule has 3 aromatic rings. The highest BCUT2D eigenvalue weighted by Gasteiger charge is 2.35. The number of ether oxygens (including phenoxy) is 1. The van der Waals surface area contributed by atoms with Gasteiger partial charge >= 0.3 is 11.7 Å². The van der Waals surface area contributed by atoms with E-state index in [-0.39, 0.29) is 6.61 Å². The van der Waals surface area contributed by atoms with Gasteiger partial charge in [0.15, 0.2) is 0 Å². The Kier molecular flexibility index (Phi) is 5.44. The van der Waals surface area contributed by atoms with Crippen molar-refractivity contribution in [3.8, 4) is 11.1 Å². The molecule has 0 atom stereocenters. The van der Waals surface area contributed by atoms with Crippen molar-refractivity contribution in [2.45, 2.75) is 33.2 Å². The van der Waals surface area contributed by atoms with Crippen LogP contribution in [0.25, 0.3) is 21.3 Å². The van der Waals surface area contributed by atoms with Crippen molar-refractivity contribution < 1.29 is 9.53 Å². The Morgan fingerprint density at radius 1 is 1.25 bits per heavy atom. The number of thiophene rings is 1. The molecule has 3 rings (SSSR count). The van der Waals surface area contributed by atoms with Gasteiger partial charge in [-0.3, -0.25) is 9.78 Å². The van der Waals surface area contributed by atoms with E-state index >= 15 is 0 Å². The van der Waals surface area contributed by atoms with Crippen LogP contribution in [0.5, 0.6) is 0 Å². The smallest absolute Gasteiger partial charge is 0.332 e. The maximum atomic E-state index is 13.3. The van der Waals surface area contributed by atoms with Crippen LogP contribution in [0, 0.1) is 6.92 Å². The molecule has 0 spiro atoms. The molecule has 0 bridgehead atoms. The van der Waals surface area contributed by atoms with Crippen LogP contribution < -0.4 is 11.2 Å². The lowest BCUT2D eigenvalue weighted by Crippen LogP contribution is -2.51. The van der Waals surface area contributed by atoms with Crippen molar-refractivity contribution in [3.05, 3.63) is 54.0 Å². The monoisotopic (exact) mass is 440 g/mol. The Bertz CT molecular complexity index is 1210. The number of halogens is 2. The van der Waals surface area contributed by atoms with Crippen LogP contribution in [0.4, 0.5) is 0 Å². The minimum Gasteiger partial charge on any atom is -0.464 e. The molecule has 0 aliphatic carbocycles. The number of fused-ring (bicyclic) bond motifs is 1. The van der Waals surface area contributed by atoms with E-state index in [0.717, 1.165) is 9.44 Å². The molecular weight excluding hydrogens is 423 g/mol. The summed E-state index contributed by atoms with van der Waals surface area (Å²) in [5, 5.41) is 1.07. The van der Waals surface area contributed by atoms with E-state index in [1.165, 1.54) is 25.2 Å². The van der Waals surface area contributed by atoms with Gasteiger partial charge in [-0.05, 0) is 45.4 Å². The van der Waals surface area contributed by atoms with Crippen molar-refractivity contribution in [2.75, 3.05) is 6.61 Å². The van der Waals surface area contributed by atoms with Gasteiger partial charge in [0.2, 0.25) is 0 Å². The van der Waals surface area contributed by atoms with Gasteiger partial charge in [0.25, 0.3) is 5.56 Å². The van der Waals surface area contributed by atoms with Crippen LogP contribution in [0.1, 0.15) is 25.6 Å². The van der Waals surface area contributed by atoms with E-state index in [9.17, 15) is 14.4 Å². The lowest BCUT2D eigenvalue weighted by atomic mass is 10.0. The van der Waals surface area contributed by atoms with Gasteiger partial charge in [-0.25, -0.2) is 14.2 Å². The summed E-state index contributed by atoms with van der Waals surface area (Å²) in [6, 6.07) is 5.08. The largest absolute Gasteiger partial charge is 0.464 e. The van der Waals surface area contributed by atoms with E-state index in [1.54, 1.807) is 25.1 Å². The van der Waals surface area contributed by atoms with Crippen molar-refractivity contribution in [3.63, 3.8) is 0 Å². The Morgan fingerprint density at radius 2 is 1.93 bits per heavy atom. The molecule has 0 saturated heterocycles. The molecular formula is C19H18Cl2N2O4S. The van der Waals surface area contributed by atoms with Gasteiger partial charge in [0.05, 0.1) is 22.0 Å². The molecule has 9 heteroatoms. The third kappa shape index (κ3) is 3.27. The van der Waals surface area contributed by atoms with Crippen LogP contribution in [0.3, 0.4) is 0 Å². The van der Waals surface area contributed by atoms with Crippen molar-refractivity contribution in [2.24, 2.45) is 0 Å². The SMILES string of the molecule is CCOC(=O)C(C)(C)n1c(=O)[nH]c2sc(C)c(-c3ccc(Cl)c(Cl)c3)c2c1=O. The zero-order valence-corrected chi connectivity index (χ0v) is 18.0. The minimum absolute atomic E-state index is 0.142. The van der Waals surface area contributed by atoms with E-state index < -0.39 is 22.8 Å². The molecule has 0 aliphatic rings. The number of carbonyl (C=O) groups is 1. The zero-order valence-electron chi connectivity index (χ0n) is 15.7. The lowest BCUT2D eigenvalue weighted by molar-refractivity contribution is -0.152. The summed E-state index contributed by atoms with van der Waals surface area (Å²) >= 11 is 13.4. The number of rotatable bonds is 4. The number of hydrogen-bond acceptors (Lipinski definition) is 5. The second-order valence-electron chi connectivity index (χ2n) is 6.72. The first-order chi connectivity index (χ1) is 13.1. The average Bonchev–Trinajstić information content (AvgIpc) is 2.93. The Hall–Kier alpha value is -2.09. The van der Waals surface area contributed by atoms with Gasteiger partial charge in [-0.2, -0.15) is 0 Å². The highest BCUT2D eigenvalue weighted by molar-refractivity contribution is 7.19. The van der Waals surface area contributed by atoms with Crippen LogP contribution in [0.15, 0.2) is 27.8 Å². The summed E-state index contributed by atoms with van der Waals surface area (Å²) in [6.07, 6.45) is 0. The van der Waals surface area contributed by atoms with Crippen molar-refractivity contribution in [1.82, 2.24) is 9.55 Å². The normalized spacial score (nSPS) is 11.8. The van der Waals surface area contributed by atoms with Gasteiger partial charge < -0.3 is 4.74 Å². The number of nitrogens with zero attached hydrogens (tertiary/aromatic N) is 1. The fraction of sp³-hybridized carbons (Fsp3) is 0.316. The molecule has 0 radical (unpaired) electrons. The molecule has 2 heterocycles. The number of hydrogen-bond donors (Lipinski definition) is 1.